The summed E-state index contributed by atoms with van der Waals surface area (Å²) in [5.41, 5.74) is 2.62. The summed E-state index contributed by atoms with van der Waals surface area (Å²) in [4.78, 5) is 4.15. The van der Waals surface area contributed by atoms with Crippen molar-refractivity contribution in [3.63, 3.8) is 0 Å². The summed E-state index contributed by atoms with van der Waals surface area (Å²) in [6, 6.07) is 4.32. The second-order valence-electron chi connectivity index (χ2n) is 3.00. The summed E-state index contributed by atoms with van der Waals surface area (Å²) >= 11 is 0. The molecule has 0 radical (unpaired) electrons. The van der Waals surface area contributed by atoms with Crippen LogP contribution in [0.5, 0.6) is 0 Å². The molecule has 1 aliphatic rings. The summed E-state index contributed by atoms with van der Waals surface area (Å²) in [7, 11) is 0. The van der Waals surface area contributed by atoms with Gasteiger partial charge in [0.25, 0.3) is 0 Å². The molecule has 1 aliphatic carbocycles. The summed E-state index contributed by atoms with van der Waals surface area (Å²) in [6.07, 6.45) is 4.66. The summed E-state index contributed by atoms with van der Waals surface area (Å²) in [6.45, 7) is 6.05. The molecule has 1 aromatic rings. The number of rotatable bonds is 1. The van der Waals surface area contributed by atoms with Gasteiger partial charge in [-0.2, -0.15) is 0 Å². The van der Waals surface area contributed by atoms with Crippen LogP contribution in [0, 0.1) is 6.92 Å². The van der Waals surface area contributed by atoms with Gasteiger partial charge >= 0.3 is 0 Å². The number of nitrogens with zero attached hydrogens (tertiary/aromatic N) is 1. The average Bonchev–Trinajstić information content (AvgIpc) is 2.90. The quantitative estimate of drug-likeness (QED) is 0.619. The minimum Gasteiger partial charge on any atom is -0.262 e. The maximum atomic E-state index is 4.15. The molecule has 1 fully saturated rings. The molecule has 0 atom stereocenters. The largest absolute Gasteiger partial charge is 0.262 e. The first-order valence-corrected chi connectivity index (χ1v) is 4.79. The summed E-state index contributed by atoms with van der Waals surface area (Å²) < 4.78 is 0. The highest BCUT2D eigenvalue weighted by molar-refractivity contribution is 5.23. The van der Waals surface area contributed by atoms with E-state index in [2.05, 4.69) is 17.1 Å². The Morgan fingerprint density at radius 2 is 2.00 bits per heavy atom. The van der Waals surface area contributed by atoms with Crippen LogP contribution >= 0.6 is 0 Å². The van der Waals surface area contributed by atoms with E-state index in [1.807, 2.05) is 27.0 Å². The van der Waals surface area contributed by atoms with Gasteiger partial charge in [-0.1, -0.05) is 13.8 Å². The minimum absolute atomic E-state index is 0.863. The van der Waals surface area contributed by atoms with Crippen molar-refractivity contribution in [3.8, 4) is 0 Å². The third-order valence-electron chi connectivity index (χ3n) is 1.97. The molecule has 66 valence electrons. The smallest absolute Gasteiger partial charge is 0.0375 e. The van der Waals surface area contributed by atoms with E-state index >= 15 is 0 Å². The lowest BCUT2D eigenvalue weighted by Crippen LogP contribution is -1.83. The number of hydrogen-bond donors (Lipinski definition) is 0. The van der Waals surface area contributed by atoms with E-state index in [9.17, 15) is 0 Å². The van der Waals surface area contributed by atoms with Crippen molar-refractivity contribution in [2.75, 3.05) is 0 Å². The van der Waals surface area contributed by atoms with Crippen LogP contribution in [0.1, 0.15) is 43.9 Å². The molecular formula is C11H17N. The van der Waals surface area contributed by atoms with E-state index in [0.717, 1.165) is 11.6 Å². The van der Waals surface area contributed by atoms with Gasteiger partial charge in [0.1, 0.15) is 0 Å². The fourth-order valence-corrected chi connectivity index (χ4v) is 1.24. The SMILES string of the molecule is CC.Cc1cc(C2CC2)ccn1. The Kier molecular flexibility index (Phi) is 3.27. The van der Waals surface area contributed by atoms with Gasteiger partial charge in [-0.25, -0.2) is 0 Å². The predicted molar refractivity (Wildman–Crippen MR) is 52.3 cm³/mol. The molecule has 12 heavy (non-hydrogen) atoms. The molecule has 1 heterocycles. The van der Waals surface area contributed by atoms with E-state index in [-0.39, 0.29) is 0 Å². The molecule has 1 nitrogen and oxygen atoms in total. The summed E-state index contributed by atoms with van der Waals surface area (Å²) in [5.74, 6) is 0.863. The van der Waals surface area contributed by atoms with Crippen molar-refractivity contribution in [1.82, 2.24) is 4.98 Å². The molecule has 0 spiro atoms. The second kappa shape index (κ2) is 4.24. The molecule has 1 saturated carbocycles. The number of hydrogen-bond acceptors (Lipinski definition) is 1. The molecule has 0 bridgehead atoms. The maximum absolute atomic E-state index is 4.15. The lowest BCUT2D eigenvalue weighted by molar-refractivity contribution is 1.08. The molecule has 0 unspecified atom stereocenters. The molecule has 0 aliphatic heterocycles. The standard InChI is InChI=1S/C9H11N.C2H6/c1-7-6-9(4-5-10-7)8-2-3-8;1-2/h4-6,8H,2-3H2,1H3;1-2H3. The average molecular weight is 163 g/mol. The van der Waals surface area contributed by atoms with E-state index in [1.165, 1.54) is 18.4 Å². The van der Waals surface area contributed by atoms with Crippen LogP contribution in [0.2, 0.25) is 0 Å². The van der Waals surface area contributed by atoms with E-state index in [0.29, 0.717) is 0 Å². The Morgan fingerprint density at radius 3 is 2.50 bits per heavy atom. The summed E-state index contributed by atoms with van der Waals surface area (Å²) in [5, 5.41) is 0. The second-order valence-corrected chi connectivity index (χ2v) is 3.00. The highest BCUT2D eigenvalue weighted by atomic mass is 14.6. The zero-order valence-corrected chi connectivity index (χ0v) is 8.17. The minimum atomic E-state index is 0.863. The lowest BCUT2D eigenvalue weighted by atomic mass is 10.1. The van der Waals surface area contributed by atoms with E-state index in [1.54, 1.807) is 0 Å². The number of aryl methyl sites for hydroxylation is 1. The first-order chi connectivity index (χ1) is 5.86. The van der Waals surface area contributed by atoms with E-state index < -0.39 is 0 Å². The third-order valence-corrected chi connectivity index (χ3v) is 1.97. The van der Waals surface area contributed by atoms with Crippen molar-refractivity contribution >= 4 is 0 Å². The fraction of sp³-hybridized carbons (Fsp3) is 0.545. The van der Waals surface area contributed by atoms with Crippen LogP contribution in [-0.2, 0) is 0 Å². The Bertz CT molecular complexity index is 239. The molecule has 2 rings (SSSR count). The zero-order chi connectivity index (χ0) is 8.97. The van der Waals surface area contributed by atoms with Crippen molar-refractivity contribution in [2.24, 2.45) is 0 Å². The topological polar surface area (TPSA) is 12.9 Å². The Balaban J connectivity index is 0.000000336. The van der Waals surface area contributed by atoms with Gasteiger partial charge in [0.15, 0.2) is 0 Å². The molecule has 0 amide bonds. The Hall–Kier alpha value is -0.850. The lowest BCUT2D eigenvalue weighted by Gasteiger charge is -1.96. The van der Waals surface area contributed by atoms with Crippen LogP contribution in [0.3, 0.4) is 0 Å². The fourth-order valence-electron chi connectivity index (χ4n) is 1.24. The van der Waals surface area contributed by atoms with Gasteiger partial charge in [-0.3, -0.25) is 4.98 Å². The normalized spacial score (nSPS) is 14.9. The van der Waals surface area contributed by atoms with E-state index in [4.69, 9.17) is 0 Å². The van der Waals surface area contributed by atoms with Crippen molar-refractivity contribution < 1.29 is 0 Å². The third kappa shape index (κ3) is 2.33. The molecule has 0 saturated heterocycles. The van der Waals surface area contributed by atoms with Crippen LogP contribution < -0.4 is 0 Å². The van der Waals surface area contributed by atoms with Crippen LogP contribution in [0.15, 0.2) is 18.3 Å². The van der Waals surface area contributed by atoms with Gasteiger partial charge < -0.3 is 0 Å². The molecule has 1 heteroatoms. The molecule has 0 aromatic carbocycles. The Morgan fingerprint density at radius 1 is 1.33 bits per heavy atom. The first kappa shape index (κ1) is 9.24. The number of aromatic nitrogens is 1. The van der Waals surface area contributed by atoms with Crippen molar-refractivity contribution in [3.05, 3.63) is 29.6 Å². The monoisotopic (exact) mass is 163 g/mol. The zero-order valence-electron chi connectivity index (χ0n) is 8.17. The molecule has 1 aromatic heterocycles. The van der Waals surface area contributed by atoms with Gasteiger partial charge in [-0.05, 0) is 43.4 Å². The van der Waals surface area contributed by atoms with Gasteiger partial charge in [0, 0.05) is 11.9 Å². The molecule has 0 N–H and O–H groups in total. The van der Waals surface area contributed by atoms with Crippen LogP contribution in [-0.4, -0.2) is 4.98 Å². The highest BCUT2D eigenvalue weighted by Gasteiger charge is 2.22. The highest BCUT2D eigenvalue weighted by Crippen LogP contribution is 2.39. The van der Waals surface area contributed by atoms with Gasteiger partial charge in [0.2, 0.25) is 0 Å². The van der Waals surface area contributed by atoms with Crippen LogP contribution in [0.4, 0.5) is 0 Å². The molecular weight excluding hydrogens is 146 g/mol. The number of pyridine rings is 1. The van der Waals surface area contributed by atoms with Gasteiger partial charge in [0.05, 0.1) is 0 Å². The predicted octanol–water partition coefficient (Wildman–Crippen LogP) is 3.29. The first-order valence-electron chi connectivity index (χ1n) is 4.79. The maximum Gasteiger partial charge on any atom is 0.0375 e. The van der Waals surface area contributed by atoms with Gasteiger partial charge in [-0.15, -0.1) is 0 Å². The van der Waals surface area contributed by atoms with Crippen LogP contribution in [0.25, 0.3) is 0 Å². The van der Waals surface area contributed by atoms with Crippen molar-refractivity contribution in [2.45, 2.75) is 39.5 Å². The Labute approximate surface area is 74.8 Å². The van der Waals surface area contributed by atoms with Crippen molar-refractivity contribution in [1.29, 1.82) is 0 Å².